The Morgan fingerprint density at radius 1 is 0.625 bits per heavy atom. The van der Waals surface area contributed by atoms with E-state index in [0.717, 1.165) is 0 Å². The average molecular weight is 325 g/mol. The summed E-state index contributed by atoms with van der Waals surface area (Å²) in [7, 11) is 0. The number of allylic oxidation sites excluding steroid dienone is 1. The zero-order valence-corrected chi connectivity index (χ0v) is 16.7. The molecule has 2 rings (SSSR count). The first-order valence-corrected chi connectivity index (χ1v) is 9.05. The minimum Gasteiger partial charge on any atom is -0.103 e. The molecule has 0 unspecified atom stereocenters. The molecule has 0 aliphatic carbocycles. The van der Waals surface area contributed by atoms with Crippen LogP contribution in [0.4, 0.5) is 0 Å². The van der Waals surface area contributed by atoms with Gasteiger partial charge in [-0.15, -0.1) is 6.58 Å². The van der Waals surface area contributed by atoms with E-state index in [-0.39, 0.29) is 0 Å². The van der Waals surface area contributed by atoms with Gasteiger partial charge in [-0.25, -0.2) is 0 Å². The van der Waals surface area contributed by atoms with Crippen LogP contribution in [0.15, 0.2) is 67.3 Å². The fraction of sp³-hybridized carbons (Fsp3) is 0.417. The first-order valence-electron chi connectivity index (χ1n) is 9.05. The van der Waals surface area contributed by atoms with Crippen LogP contribution in [0.25, 0.3) is 0 Å². The Balaban J connectivity index is 0.000000390. The van der Waals surface area contributed by atoms with Crippen molar-refractivity contribution in [1.29, 1.82) is 0 Å². The smallest absolute Gasteiger partial charge is 0.0216 e. The van der Waals surface area contributed by atoms with E-state index in [0.29, 0.717) is 17.8 Å². The molecule has 0 spiro atoms. The molecule has 0 bridgehead atoms. The van der Waals surface area contributed by atoms with Crippen molar-refractivity contribution in [2.24, 2.45) is 0 Å². The molecule has 0 aliphatic heterocycles. The molecule has 0 N–H and O–H groups in total. The fourth-order valence-corrected chi connectivity index (χ4v) is 2.40. The Labute approximate surface area is 150 Å². The maximum atomic E-state index is 3.36. The Kier molecular flexibility index (Phi) is 11.6. The Morgan fingerprint density at radius 3 is 1.21 bits per heavy atom. The number of hydrogen-bond donors (Lipinski definition) is 0. The van der Waals surface area contributed by atoms with Crippen LogP contribution in [0.5, 0.6) is 0 Å². The van der Waals surface area contributed by atoms with Gasteiger partial charge < -0.3 is 0 Å². The maximum Gasteiger partial charge on any atom is -0.0216 e. The van der Waals surface area contributed by atoms with E-state index in [2.05, 4.69) is 96.7 Å². The van der Waals surface area contributed by atoms with Crippen LogP contribution in [-0.4, -0.2) is 0 Å². The van der Waals surface area contributed by atoms with Crippen molar-refractivity contribution in [1.82, 2.24) is 0 Å². The fourth-order valence-electron chi connectivity index (χ4n) is 2.40. The Hall–Kier alpha value is -1.82. The molecule has 0 atom stereocenters. The monoisotopic (exact) mass is 324 g/mol. The molecule has 0 radical (unpaired) electrons. The Bertz CT molecular complexity index is 520. The molecule has 0 amide bonds. The minimum absolute atomic E-state index is 0.642. The molecule has 0 fully saturated rings. The van der Waals surface area contributed by atoms with E-state index in [1.807, 2.05) is 13.0 Å². The number of hydrogen-bond acceptors (Lipinski definition) is 0. The maximum absolute atomic E-state index is 3.36. The summed E-state index contributed by atoms with van der Waals surface area (Å²) in [6.45, 7) is 18.7. The van der Waals surface area contributed by atoms with Crippen LogP contribution < -0.4 is 0 Å². The zero-order valence-electron chi connectivity index (χ0n) is 16.7. The van der Waals surface area contributed by atoms with Gasteiger partial charge in [-0.05, 0) is 41.4 Å². The number of benzene rings is 2. The van der Waals surface area contributed by atoms with Crippen molar-refractivity contribution in [2.45, 2.75) is 66.2 Å². The van der Waals surface area contributed by atoms with Gasteiger partial charge in [0.25, 0.3) is 0 Å². The first kappa shape index (κ1) is 22.2. The van der Waals surface area contributed by atoms with Gasteiger partial charge in [-0.1, -0.05) is 102 Å². The predicted molar refractivity (Wildman–Crippen MR) is 111 cm³/mol. The zero-order chi connectivity index (χ0) is 18.5. The SMILES string of the molecule is C=CC.CC(C)c1ccccc1.CC(C)c1ccccc1C(C)C. The van der Waals surface area contributed by atoms with Crippen molar-refractivity contribution in [3.63, 3.8) is 0 Å². The lowest BCUT2D eigenvalue weighted by Gasteiger charge is -2.14. The molecule has 0 aromatic heterocycles. The summed E-state index contributed by atoms with van der Waals surface area (Å²) in [5.41, 5.74) is 4.40. The van der Waals surface area contributed by atoms with Gasteiger partial charge in [0.15, 0.2) is 0 Å². The highest BCUT2D eigenvalue weighted by Gasteiger charge is 2.07. The van der Waals surface area contributed by atoms with Gasteiger partial charge in [-0.2, -0.15) is 0 Å². The molecule has 0 nitrogen and oxygen atoms in total. The molecular formula is C24H36. The van der Waals surface area contributed by atoms with Crippen molar-refractivity contribution in [3.05, 3.63) is 83.9 Å². The lowest BCUT2D eigenvalue weighted by Crippen LogP contribution is -1.97. The lowest BCUT2D eigenvalue weighted by atomic mass is 9.91. The van der Waals surface area contributed by atoms with Crippen molar-refractivity contribution >= 4 is 0 Å². The molecule has 2 aromatic rings. The summed E-state index contributed by atoms with van der Waals surface area (Å²) in [6.07, 6.45) is 1.75. The van der Waals surface area contributed by atoms with Crippen LogP contribution in [0, 0.1) is 0 Å². The van der Waals surface area contributed by atoms with E-state index in [1.165, 1.54) is 16.7 Å². The molecule has 0 saturated carbocycles. The Morgan fingerprint density at radius 2 is 0.958 bits per heavy atom. The molecule has 24 heavy (non-hydrogen) atoms. The van der Waals surface area contributed by atoms with Crippen LogP contribution in [0.2, 0.25) is 0 Å². The summed E-state index contributed by atoms with van der Waals surface area (Å²) in [6, 6.07) is 19.2. The minimum atomic E-state index is 0.642. The van der Waals surface area contributed by atoms with E-state index >= 15 is 0 Å². The summed E-state index contributed by atoms with van der Waals surface area (Å²) in [4.78, 5) is 0. The van der Waals surface area contributed by atoms with Gasteiger partial charge in [0, 0.05) is 0 Å². The third kappa shape index (κ3) is 8.72. The van der Waals surface area contributed by atoms with Gasteiger partial charge in [0.05, 0.1) is 0 Å². The summed E-state index contributed by atoms with van der Waals surface area (Å²) >= 11 is 0. The van der Waals surface area contributed by atoms with Gasteiger partial charge in [0.2, 0.25) is 0 Å². The molecule has 0 heteroatoms. The van der Waals surface area contributed by atoms with Gasteiger partial charge in [0.1, 0.15) is 0 Å². The molecule has 2 aromatic carbocycles. The highest BCUT2D eigenvalue weighted by Crippen LogP contribution is 2.25. The summed E-state index contributed by atoms with van der Waals surface area (Å²) in [5, 5.41) is 0. The van der Waals surface area contributed by atoms with Gasteiger partial charge >= 0.3 is 0 Å². The van der Waals surface area contributed by atoms with Crippen molar-refractivity contribution in [3.8, 4) is 0 Å². The molecule has 0 heterocycles. The quantitative estimate of drug-likeness (QED) is 0.503. The lowest BCUT2D eigenvalue weighted by molar-refractivity contribution is 0.790. The second-order valence-corrected chi connectivity index (χ2v) is 6.91. The van der Waals surface area contributed by atoms with Crippen molar-refractivity contribution < 1.29 is 0 Å². The highest BCUT2D eigenvalue weighted by atomic mass is 14.1. The summed E-state index contributed by atoms with van der Waals surface area (Å²) in [5.74, 6) is 1.94. The molecule has 132 valence electrons. The second-order valence-electron chi connectivity index (χ2n) is 6.91. The standard InChI is InChI=1S/C12H18.C9H12.C3H6/c1-9(2)11-7-5-6-8-12(11)10(3)4;1-8(2)9-6-4-3-5-7-9;1-3-2/h5-10H,1-4H3;3-8H,1-2H3;3H,1H2,2H3. The van der Waals surface area contributed by atoms with E-state index in [9.17, 15) is 0 Å². The van der Waals surface area contributed by atoms with E-state index in [1.54, 1.807) is 6.08 Å². The van der Waals surface area contributed by atoms with Crippen LogP contribution in [0.1, 0.15) is 82.9 Å². The van der Waals surface area contributed by atoms with Crippen LogP contribution in [0.3, 0.4) is 0 Å². The molecule has 0 aliphatic rings. The second kappa shape index (κ2) is 12.6. The third-order valence-electron chi connectivity index (χ3n) is 3.71. The number of rotatable bonds is 3. The highest BCUT2D eigenvalue weighted by molar-refractivity contribution is 5.31. The average Bonchev–Trinajstić information content (AvgIpc) is 2.57. The largest absolute Gasteiger partial charge is 0.103 e. The van der Waals surface area contributed by atoms with Crippen molar-refractivity contribution in [2.75, 3.05) is 0 Å². The third-order valence-corrected chi connectivity index (χ3v) is 3.71. The normalized spacial score (nSPS) is 9.92. The predicted octanol–water partition coefficient (Wildman–Crippen LogP) is 7.94. The van der Waals surface area contributed by atoms with Crippen LogP contribution >= 0.6 is 0 Å². The van der Waals surface area contributed by atoms with Gasteiger partial charge in [-0.3, -0.25) is 0 Å². The van der Waals surface area contributed by atoms with E-state index < -0.39 is 0 Å². The molecule has 0 saturated heterocycles. The van der Waals surface area contributed by atoms with E-state index in [4.69, 9.17) is 0 Å². The summed E-state index contributed by atoms with van der Waals surface area (Å²) < 4.78 is 0. The first-order chi connectivity index (χ1) is 11.3. The molecular weight excluding hydrogens is 288 g/mol. The van der Waals surface area contributed by atoms with Crippen LogP contribution in [-0.2, 0) is 0 Å². The topological polar surface area (TPSA) is 0 Å².